The number of hydrogen-bond donors (Lipinski definition) is 2. The average Bonchev–Trinajstić information content (AvgIpc) is 2.17. The Balaban J connectivity index is 2.50. The van der Waals surface area contributed by atoms with Gasteiger partial charge in [-0.05, 0) is 22.6 Å². The molecule has 0 fully saturated rings. The number of aliphatic hydroxyl groups is 1. The van der Waals surface area contributed by atoms with Crippen LogP contribution >= 0.6 is 22.6 Å². The van der Waals surface area contributed by atoms with E-state index in [0.717, 1.165) is 3.57 Å². The highest BCUT2D eigenvalue weighted by molar-refractivity contribution is 14.1. The lowest BCUT2D eigenvalue weighted by atomic mass is 10.3. The zero-order valence-electron chi connectivity index (χ0n) is 7.04. The molecule has 1 rings (SSSR count). The van der Waals surface area contributed by atoms with Gasteiger partial charge in [0.25, 0.3) is 5.92 Å². The molecule has 0 aliphatic rings. The van der Waals surface area contributed by atoms with Crippen molar-refractivity contribution in [3.8, 4) is 0 Å². The zero-order chi connectivity index (χ0) is 10.6. The van der Waals surface area contributed by atoms with Crippen LogP contribution in [0, 0.1) is 3.57 Å². The van der Waals surface area contributed by atoms with Crippen LogP contribution in [0.15, 0.2) is 12.4 Å². The summed E-state index contributed by atoms with van der Waals surface area (Å²) in [6, 6.07) is 0. The van der Waals surface area contributed by atoms with Crippen molar-refractivity contribution in [3.05, 3.63) is 16.0 Å². The number of nitrogens with one attached hydrogen (secondary N) is 1. The van der Waals surface area contributed by atoms with Gasteiger partial charge in [-0.3, -0.25) is 0 Å². The van der Waals surface area contributed by atoms with E-state index in [4.69, 9.17) is 5.11 Å². The quantitative estimate of drug-likeness (QED) is 0.818. The largest absolute Gasteiger partial charge is 0.390 e. The first-order chi connectivity index (χ1) is 6.53. The number of rotatable bonds is 4. The summed E-state index contributed by atoms with van der Waals surface area (Å²) in [4.78, 5) is 7.54. The predicted molar refractivity (Wildman–Crippen MR) is 55.3 cm³/mol. The van der Waals surface area contributed by atoms with E-state index in [2.05, 4.69) is 15.3 Å². The molecular weight excluding hydrogens is 307 g/mol. The maximum atomic E-state index is 12.5. The van der Waals surface area contributed by atoms with Gasteiger partial charge >= 0.3 is 0 Å². The predicted octanol–water partition coefficient (Wildman–Crippen LogP) is 1.12. The van der Waals surface area contributed by atoms with Crippen LogP contribution < -0.4 is 5.32 Å². The second-order valence-electron chi connectivity index (χ2n) is 2.59. The Morgan fingerprint density at radius 1 is 1.43 bits per heavy atom. The smallest absolute Gasteiger partial charge is 0.287 e. The number of aliphatic hydroxyl groups excluding tert-OH is 1. The topological polar surface area (TPSA) is 58.0 Å². The summed E-state index contributed by atoms with van der Waals surface area (Å²) >= 11 is 2.01. The van der Waals surface area contributed by atoms with Gasteiger partial charge < -0.3 is 10.4 Å². The molecule has 0 aromatic carbocycles. The molecule has 0 bridgehead atoms. The Morgan fingerprint density at radius 2 is 2.00 bits per heavy atom. The molecule has 78 valence electrons. The average molecular weight is 315 g/mol. The van der Waals surface area contributed by atoms with E-state index in [9.17, 15) is 8.78 Å². The van der Waals surface area contributed by atoms with Gasteiger partial charge in [-0.25, -0.2) is 18.7 Å². The lowest BCUT2D eigenvalue weighted by Gasteiger charge is -2.13. The first kappa shape index (κ1) is 11.5. The fourth-order valence-corrected chi connectivity index (χ4v) is 0.946. The normalized spacial score (nSPS) is 11.4. The van der Waals surface area contributed by atoms with E-state index >= 15 is 0 Å². The van der Waals surface area contributed by atoms with Gasteiger partial charge in [-0.1, -0.05) is 0 Å². The molecule has 0 atom stereocenters. The molecule has 1 aromatic heterocycles. The number of anilines is 1. The molecule has 0 saturated carbocycles. The van der Waals surface area contributed by atoms with Crippen LogP contribution in [0.4, 0.5) is 14.7 Å². The summed E-state index contributed by atoms with van der Waals surface area (Å²) in [5, 5.41) is 10.6. The SMILES string of the molecule is OCC(F)(F)CNc1ncc(I)cn1. The van der Waals surface area contributed by atoms with Crippen molar-refractivity contribution < 1.29 is 13.9 Å². The van der Waals surface area contributed by atoms with Gasteiger partial charge in [-0.15, -0.1) is 0 Å². The minimum absolute atomic E-state index is 0.124. The Bertz CT molecular complexity index is 293. The molecule has 0 aliphatic carbocycles. The fourth-order valence-electron chi connectivity index (χ4n) is 0.668. The Kier molecular flexibility index (Phi) is 3.93. The summed E-state index contributed by atoms with van der Waals surface area (Å²) < 4.78 is 25.9. The zero-order valence-corrected chi connectivity index (χ0v) is 9.20. The number of aromatic nitrogens is 2. The summed E-state index contributed by atoms with van der Waals surface area (Å²) in [6.07, 6.45) is 3.01. The van der Waals surface area contributed by atoms with Gasteiger partial charge in [0.15, 0.2) is 0 Å². The van der Waals surface area contributed by atoms with Crippen molar-refractivity contribution in [1.29, 1.82) is 0 Å². The van der Waals surface area contributed by atoms with Gasteiger partial charge in [0, 0.05) is 16.0 Å². The lowest BCUT2D eigenvalue weighted by molar-refractivity contribution is -0.0374. The molecule has 1 aromatic rings. The van der Waals surface area contributed by atoms with Gasteiger partial charge in [0.1, 0.15) is 6.61 Å². The molecule has 0 spiro atoms. The first-order valence-corrected chi connectivity index (χ1v) is 4.81. The summed E-state index contributed by atoms with van der Waals surface area (Å²) in [7, 11) is 0. The number of nitrogens with zero attached hydrogens (tertiary/aromatic N) is 2. The van der Waals surface area contributed by atoms with Gasteiger partial charge in [0.05, 0.1) is 6.54 Å². The number of halogens is 3. The van der Waals surface area contributed by atoms with E-state index in [0.29, 0.717) is 0 Å². The second kappa shape index (κ2) is 4.78. The van der Waals surface area contributed by atoms with Crippen LogP contribution in [0.3, 0.4) is 0 Å². The molecule has 2 N–H and O–H groups in total. The van der Waals surface area contributed by atoms with Crippen LogP contribution in [-0.2, 0) is 0 Å². The maximum Gasteiger partial charge on any atom is 0.287 e. The van der Waals surface area contributed by atoms with Crippen LogP contribution in [0.2, 0.25) is 0 Å². The fraction of sp³-hybridized carbons (Fsp3) is 0.429. The highest BCUT2D eigenvalue weighted by atomic mass is 127. The van der Waals surface area contributed by atoms with Crippen molar-refractivity contribution in [2.24, 2.45) is 0 Å². The molecule has 7 heteroatoms. The third-order valence-corrected chi connectivity index (χ3v) is 1.91. The minimum Gasteiger partial charge on any atom is -0.390 e. The number of alkyl halides is 2. The Hall–Kier alpha value is -0.570. The van der Waals surface area contributed by atoms with E-state index in [1.807, 2.05) is 22.6 Å². The standard InChI is InChI=1S/C7H8F2IN3O/c8-7(9,4-14)3-13-6-11-1-5(10)2-12-6/h1-2,14H,3-4H2,(H,11,12,13). The summed E-state index contributed by atoms with van der Waals surface area (Å²) in [5.41, 5.74) is 0. The van der Waals surface area contributed by atoms with Crippen molar-refractivity contribution in [2.75, 3.05) is 18.5 Å². The molecule has 4 nitrogen and oxygen atoms in total. The molecular formula is C7H8F2IN3O. The van der Waals surface area contributed by atoms with Crippen LogP contribution in [0.25, 0.3) is 0 Å². The summed E-state index contributed by atoms with van der Waals surface area (Å²) in [6.45, 7) is -1.87. The van der Waals surface area contributed by atoms with E-state index in [1.54, 1.807) is 0 Å². The first-order valence-electron chi connectivity index (χ1n) is 3.73. The van der Waals surface area contributed by atoms with E-state index in [-0.39, 0.29) is 5.95 Å². The molecule has 0 aliphatic heterocycles. The maximum absolute atomic E-state index is 12.5. The molecule has 0 radical (unpaired) electrons. The molecule has 0 amide bonds. The second-order valence-corrected chi connectivity index (χ2v) is 3.84. The monoisotopic (exact) mass is 315 g/mol. The minimum atomic E-state index is -3.15. The third kappa shape index (κ3) is 3.66. The molecule has 0 saturated heterocycles. The molecule has 14 heavy (non-hydrogen) atoms. The number of hydrogen-bond acceptors (Lipinski definition) is 4. The van der Waals surface area contributed by atoms with Crippen molar-refractivity contribution in [2.45, 2.75) is 5.92 Å². The van der Waals surface area contributed by atoms with E-state index < -0.39 is 19.1 Å². The lowest BCUT2D eigenvalue weighted by Crippen LogP contribution is -2.31. The van der Waals surface area contributed by atoms with E-state index in [1.165, 1.54) is 12.4 Å². The van der Waals surface area contributed by atoms with Crippen LogP contribution in [0.5, 0.6) is 0 Å². The molecule has 1 heterocycles. The van der Waals surface area contributed by atoms with Crippen LogP contribution in [-0.4, -0.2) is 34.1 Å². The van der Waals surface area contributed by atoms with Gasteiger partial charge in [0.2, 0.25) is 5.95 Å². The highest BCUT2D eigenvalue weighted by Crippen LogP contribution is 2.12. The highest BCUT2D eigenvalue weighted by Gasteiger charge is 2.27. The van der Waals surface area contributed by atoms with Crippen molar-refractivity contribution in [1.82, 2.24) is 9.97 Å². The van der Waals surface area contributed by atoms with Crippen molar-refractivity contribution >= 4 is 28.5 Å². The summed E-state index contributed by atoms with van der Waals surface area (Å²) in [5.74, 6) is -3.02. The Morgan fingerprint density at radius 3 is 2.50 bits per heavy atom. The Labute approximate surface area is 92.9 Å². The molecule has 0 unspecified atom stereocenters. The van der Waals surface area contributed by atoms with Crippen molar-refractivity contribution in [3.63, 3.8) is 0 Å². The van der Waals surface area contributed by atoms with Crippen LogP contribution in [0.1, 0.15) is 0 Å². The third-order valence-electron chi connectivity index (χ3n) is 1.36. The van der Waals surface area contributed by atoms with Gasteiger partial charge in [-0.2, -0.15) is 0 Å².